The maximum atomic E-state index is 13.2. The molecule has 0 radical (unpaired) electrons. The van der Waals surface area contributed by atoms with Gasteiger partial charge in [0.25, 0.3) is 5.56 Å². The summed E-state index contributed by atoms with van der Waals surface area (Å²) in [6.07, 6.45) is 3.32. The third kappa shape index (κ3) is 4.31. The number of carbonyl (C=O) groups is 1. The van der Waals surface area contributed by atoms with Gasteiger partial charge in [-0.15, -0.1) is 0 Å². The van der Waals surface area contributed by atoms with E-state index in [0.29, 0.717) is 15.4 Å². The average Bonchev–Trinajstić information content (AvgIpc) is 3.20. The quantitative estimate of drug-likeness (QED) is 0.606. The predicted molar refractivity (Wildman–Crippen MR) is 129 cm³/mol. The topological polar surface area (TPSA) is 89.2 Å². The fourth-order valence-corrected chi connectivity index (χ4v) is 5.15. The van der Waals surface area contributed by atoms with Gasteiger partial charge in [-0.1, -0.05) is 29.0 Å². The second-order valence-electron chi connectivity index (χ2n) is 8.34. The highest BCUT2D eigenvalue weighted by atomic mass is 35.5. The normalized spacial score (nSPS) is 14.3. The molecule has 1 N–H and O–H groups in total. The average molecular weight is 476 g/mol. The molecule has 1 fully saturated rings. The van der Waals surface area contributed by atoms with Crippen molar-refractivity contribution >= 4 is 50.0 Å². The van der Waals surface area contributed by atoms with Gasteiger partial charge in [-0.2, -0.15) is 0 Å². The minimum absolute atomic E-state index is 0.253. The molecule has 1 aliphatic rings. The molecule has 32 heavy (non-hydrogen) atoms. The molecule has 0 saturated carbocycles. The van der Waals surface area contributed by atoms with Crippen molar-refractivity contribution in [2.45, 2.75) is 52.6 Å². The number of hydrogen-bond acceptors (Lipinski definition) is 6. The van der Waals surface area contributed by atoms with Crippen LogP contribution in [0.5, 0.6) is 0 Å². The Balaban J connectivity index is 1.77. The molecule has 8 nitrogen and oxygen atoms in total. The highest BCUT2D eigenvalue weighted by molar-refractivity contribution is 7.22. The first-order valence-electron chi connectivity index (χ1n) is 10.7. The molecule has 3 aromatic rings. The lowest BCUT2D eigenvalue weighted by Gasteiger charge is -2.25. The molecular formula is C22H26ClN5O3S. The fraction of sp³-hybridized carbons (Fsp3) is 0.455. The first-order valence-corrected chi connectivity index (χ1v) is 11.9. The van der Waals surface area contributed by atoms with E-state index in [1.54, 1.807) is 26.0 Å². The van der Waals surface area contributed by atoms with E-state index in [9.17, 15) is 14.4 Å². The number of hydrogen-bond donors (Lipinski definition) is 1. The zero-order valence-corrected chi connectivity index (χ0v) is 19.9. The molecule has 3 heterocycles. The van der Waals surface area contributed by atoms with Gasteiger partial charge < -0.3 is 10.2 Å². The van der Waals surface area contributed by atoms with Crippen molar-refractivity contribution < 1.29 is 4.79 Å². The van der Waals surface area contributed by atoms with Crippen LogP contribution in [0.1, 0.15) is 44.7 Å². The molecule has 4 rings (SSSR count). The lowest BCUT2D eigenvalue weighted by Crippen LogP contribution is -2.42. The number of aryl methyl sites for hydroxylation is 1. The molecule has 170 valence electrons. The van der Waals surface area contributed by atoms with Crippen molar-refractivity contribution in [3.8, 4) is 0 Å². The van der Waals surface area contributed by atoms with E-state index >= 15 is 0 Å². The number of benzene rings is 1. The number of amides is 1. The van der Waals surface area contributed by atoms with Crippen molar-refractivity contribution in [3.63, 3.8) is 0 Å². The zero-order valence-electron chi connectivity index (χ0n) is 18.4. The molecule has 1 aliphatic heterocycles. The van der Waals surface area contributed by atoms with Crippen molar-refractivity contribution in [3.05, 3.63) is 49.6 Å². The standard InChI is InChI=1S/C22H26ClN5O3S/c1-13(2)28-20(30)18-19(25-21(32-18)26-9-5-4-6-10-26)27(22(28)31)12-17(29)24-16-11-15(23)8-7-14(16)3/h7-8,11,13H,4-6,9-10,12H2,1-3H3,(H,24,29). The monoisotopic (exact) mass is 475 g/mol. The van der Waals surface area contributed by atoms with E-state index < -0.39 is 5.69 Å². The van der Waals surface area contributed by atoms with Gasteiger partial charge in [0.2, 0.25) is 5.91 Å². The number of nitrogens with zero attached hydrogens (tertiary/aromatic N) is 4. The molecule has 10 heteroatoms. The Hall–Kier alpha value is -2.65. The number of carbonyl (C=O) groups excluding carboxylic acids is 1. The molecular weight excluding hydrogens is 450 g/mol. The molecule has 1 aromatic carbocycles. The van der Waals surface area contributed by atoms with Crippen LogP contribution in [-0.2, 0) is 11.3 Å². The summed E-state index contributed by atoms with van der Waals surface area (Å²) in [5.41, 5.74) is 0.805. The first-order chi connectivity index (χ1) is 15.3. The summed E-state index contributed by atoms with van der Waals surface area (Å²) in [5.74, 6) is -0.389. The number of nitrogens with one attached hydrogen (secondary N) is 1. The van der Waals surface area contributed by atoms with Crippen LogP contribution in [0.15, 0.2) is 27.8 Å². The van der Waals surface area contributed by atoms with E-state index in [1.165, 1.54) is 26.9 Å². The lowest BCUT2D eigenvalue weighted by atomic mass is 10.1. The van der Waals surface area contributed by atoms with Crippen molar-refractivity contribution in [1.82, 2.24) is 14.1 Å². The molecule has 0 bridgehead atoms. The number of rotatable bonds is 5. The van der Waals surface area contributed by atoms with Gasteiger partial charge in [-0.05, 0) is 57.7 Å². The molecule has 0 aliphatic carbocycles. The Kier molecular flexibility index (Phi) is 6.39. The smallest absolute Gasteiger partial charge is 0.333 e. The van der Waals surface area contributed by atoms with Gasteiger partial charge in [-0.25, -0.2) is 9.78 Å². The van der Waals surface area contributed by atoms with Crippen LogP contribution in [0.2, 0.25) is 5.02 Å². The third-order valence-corrected chi connectivity index (χ3v) is 6.95. The highest BCUT2D eigenvalue weighted by Gasteiger charge is 2.23. The SMILES string of the molecule is Cc1ccc(Cl)cc1NC(=O)Cn1c(=O)n(C(C)C)c(=O)c2sc(N3CCCCC3)nc21. The second-order valence-corrected chi connectivity index (χ2v) is 9.76. The van der Waals surface area contributed by atoms with E-state index in [-0.39, 0.29) is 29.7 Å². The summed E-state index contributed by atoms with van der Waals surface area (Å²) in [5, 5.41) is 4.04. The molecule has 1 saturated heterocycles. The van der Waals surface area contributed by atoms with E-state index in [2.05, 4.69) is 15.2 Å². The number of halogens is 1. The largest absolute Gasteiger partial charge is 0.348 e. The summed E-state index contributed by atoms with van der Waals surface area (Å²) >= 11 is 7.35. The summed E-state index contributed by atoms with van der Waals surface area (Å²) in [6.45, 7) is 6.91. The van der Waals surface area contributed by atoms with Gasteiger partial charge >= 0.3 is 5.69 Å². The summed E-state index contributed by atoms with van der Waals surface area (Å²) in [4.78, 5) is 46.0. The predicted octanol–water partition coefficient (Wildman–Crippen LogP) is 3.79. The minimum Gasteiger partial charge on any atom is -0.348 e. The summed E-state index contributed by atoms with van der Waals surface area (Å²) in [7, 11) is 0. The Bertz CT molecular complexity index is 1290. The second kappa shape index (κ2) is 9.07. The summed E-state index contributed by atoms with van der Waals surface area (Å²) in [6, 6.07) is 4.88. The number of anilines is 2. The van der Waals surface area contributed by atoms with Crippen LogP contribution in [0.25, 0.3) is 10.3 Å². The van der Waals surface area contributed by atoms with Crippen LogP contribution in [0, 0.1) is 6.92 Å². The molecule has 1 amide bonds. The van der Waals surface area contributed by atoms with Gasteiger partial charge in [0.1, 0.15) is 11.2 Å². The lowest BCUT2D eigenvalue weighted by molar-refractivity contribution is -0.116. The van der Waals surface area contributed by atoms with Crippen molar-refractivity contribution in [2.75, 3.05) is 23.3 Å². The van der Waals surface area contributed by atoms with Crippen LogP contribution in [-0.4, -0.2) is 33.1 Å². The minimum atomic E-state index is -0.536. The van der Waals surface area contributed by atoms with Gasteiger partial charge in [-0.3, -0.25) is 18.7 Å². The zero-order chi connectivity index (χ0) is 23.0. The number of thiazole rings is 1. The number of fused-ring (bicyclic) bond motifs is 1. The van der Waals surface area contributed by atoms with Crippen LogP contribution in [0.3, 0.4) is 0 Å². The van der Waals surface area contributed by atoms with Crippen molar-refractivity contribution in [1.29, 1.82) is 0 Å². The Morgan fingerprint density at radius 3 is 2.62 bits per heavy atom. The maximum Gasteiger partial charge on any atom is 0.333 e. The number of piperidine rings is 1. The maximum absolute atomic E-state index is 13.2. The molecule has 0 spiro atoms. The Morgan fingerprint density at radius 2 is 1.94 bits per heavy atom. The van der Waals surface area contributed by atoms with E-state index in [0.717, 1.165) is 36.6 Å². The fourth-order valence-electron chi connectivity index (χ4n) is 3.92. The van der Waals surface area contributed by atoms with E-state index in [1.807, 2.05) is 13.0 Å². The third-order valence-electron chi connectivity index (χ3n) is 5.62. The van der Waals surface area contributed by atoms with Crippen molar-refractivity contribution in [2.24, 2.45) is 0 Å². The Labute approximate surface area is 194 Å². The van der Waals surface area contributed by atoms with Crippen LogP contribution < -0.4 is 21.5 Å². The Morgan fingerprint density at radius 1 is 1.22 bits per heavy atom. The van der Waals surface area contributed by atoms with Gasteiger partial charge in [0.05, 0.1) is 0 Å². The molecule has 0 atom stereocenters. The number of aromatic nitrogens is 3. The molecule has 0 unspecified atom stereocenters. The first kappa shape index (κ1) is 22.5. The summed E-state index contributed by atoms with van der Waals surface area (Å²) < 4.78 is 2.89. The van der Waals surface area contributed by atoms with Gasteiger partial charge in [0, 0.05) is 29.8 Å². The molecule has 2 aromatic heterocycles. The highest BCUT2D eigenvalue weighted by Crippen LogP contribution is 2.28. The van der Waals surface area contributed by atoms with Gasteiger partial charge in [0.15, 0.2) is 10.8 Å². The van der Waals surface area contributed by atoms with Crippen LogP contribution in [0.4, 0.5) is 10.8 Å². The van der Waals surface area contributed by atoms with Crippen LogP contribution >= 0.6 is 22.9 Å². The van der Waals surface area contributed by atoms with E-state index in [4.69, 9.17) is 11.6 Å².